The van der Waals surface area contributed by atoms with Gasteiger partial charge in [-0.05, 0) is 29.7 Å². The summed E-state index contributed by atoms with van der Waals surface area (Å²) in [5.41, 5.74) is 1.45. The van der Waals surface area contributed by atoms with Gasteiger partial charge in [0.25, 0.3) is 5.91 Å². The molecule has 0 aromatic heterocycles. The smallest absolute Gasteiger partial charge is 0.263 e. The molecular weight excluding hydrogens is 388 g/mol. The summed E-state index contributed by atoms with van der Waals surface area (Å²) in [5.74, 6) is 0.0789. The maximum atomic E-state index is 12.6. The summed E-state index contributed by atoms with van der Waals surface area (Å²) < 4.78 is 31.2. The van der Waals surface area contributed by atoms with Gasteiger partial charge in [0, 0.05) is 11.6 Å². The molecule has 0 bridgehead atoms. The topological polar surface area (TPSA) is 75.7 Å². The lowest BCUT2D eigenvalue weighted by molar-refractivity contribution is -0.127. The molecule has 0 radical (unpaired) electrons. The average molecular weight is 409 g/mol. The van der Waals surface area contributed by atoms with Crippen molar-refractivity contribution in [3.05, 3.63) is 59.1 Å². The zero-order valence-corrected chi connectivity index (χ0v) is 16.6. The molecule has 1 N–H and O–H groups in total. The Balaban J connectivity index is 1.73. The molecule has 0 spiro atoms. The average Bonchev–Trinajstić information content (AvgIpc) is 2.64. The number of fused-ring (bicyclic) bond motifs is 1. The third kappa shape index (κ3) is 4.54. The third-order valence-electron chi connectivity index (χ3n) is 4.43. The van der Waals surface area contributed by atoms with E-state index in [1.165, 1.54) is 6.07 Å². The van der Waals surface area contributed by atoms with E-state index in [1.807, 2.05) is 37.3 Å². The van der Waals surface area contributed by atoms with Gasteiger partial charge in [-0.3, -0.25) is 9.10 Å². The minimum Gasteiger partial charge on any atom is -0.476 e. The van der Waals surface area contributed by atoms with Gasteiger partial charge in [0.2, 0.25) is 10.0 Å². The van der Waals surface area contributed by atoms with Crippen LogP contribution in [0.3, 0.4) is 0 Å². The number of hydrogen-bond donors (Lipinski definition) is 1. The van der Waals surface area contributed by atoms with Gasteiger partial charge in [-0.15, -0.1) is 0 Å². The number of halogens is 1. The van der Waals surface area contributed by atoms with Crippen molar-refractivity contribution >= 4 is 33.2 Å². The molecule has 0 fully saturated rings. The SMILES string of the molecule is C[C@@H](CNC(=O)[C@@H]1CN(S(C)(=O)=O)c2cc(Cl)ccc2O1)c1ccccc1. The van der Waals surface area contributed by atoms with E-state index in [1.54, 1.807) is 12.1 Å². The summed E-state index contributed by atoms with van der Waals surface area (Å²) >= 11 is 5.98. The summed E-state index contributed by atoms with van der Waals surface area (Å²) in [6.07, 6.45) is 0.159. The lowest BCUT2D eigenvalue weighted by atomic mass is 10.0. The number of amides is 1. The highest BCUT2D eigenvalue weighted by Gasteiger charge is 2.35. The first kappa shape index (κ1) is 19.5. The molecule has 27 heavy (non-hydrogen) atoms. The fraction of sp³-hybridized carbons (Fsp3) is 0.316. The molecule has 1 aliphatic heterocycles. The fourth-order valence-electron chi connectivity index (χ4n) is 2.94. The molecule has 0 saturated carbocycles. The standard InChI is InChI=1S/C19H21ClN2O4S/c1-13(14-6-4-3-5-7-14)11-21-19(23)18-12-22(27(2,24)25)16-10-15(20)8-9-17(16)26-18/h3-10,13,18H,11-12H2,1-2H3,(H,21,23)/t13-,18-/m0/s1. The fourth-order valence-corrected chi connectivity index (χ4v) is 4.01. The first-order chi connectivity index (χ1) is 12.8. The number of carbonyl (C=O) groups is 1. The second-order valence-corrected chi connectivity index (χ2v) is 8.91. The second-order valence-electron chi connectivity index (χ2n) is 6.57. The van der Waals surface area contributed by atoms with Gasteiger partial charge in [-0.25, -0.2) is 8.42 Å². The van der Waals surface area contributed by atoms with Crippen molar-refractivity contribution in [2.75, 3.05) is 23.7 Å². The van der Waals surface area contributed by atoms with E-state index in [0.29, 0.717) is 23.0 Å². The minimum atomic E-state index is -3.58. The van der Waals surface area contributed by atoms with Crippen molar-refractivity contribution in [3.8, 4) is 5.75 Å². The lowest BCUT2D eigenvalue weighted by Gasteiger charge is -2.34. The van der Waals surface area contributed by atoms with E-state index in [-0.39, 0.29) is 18.4 Å². The van der Waals surface area contributed by atoms with Gasteiger partial charge in [0.1, 0.15) is 5.75 Å². The van der Waals surface area contributed by atoms with Gasteiger partial charge in [0.05, 0.1) is 18.5 Å². The molecule has 1 heterocycles. The molecule has 6 nitrogen and oxygen atoms in total. The van der Waals surface area contributed by atoms with Crippen LogP contribution in [0.5, 0.6) is 5.75 Å². The van der Waals surface area contributed by atoms with Crippen LogP contribution in [0.25, 0.3) is 0 Å². The summed E-state index contributed by atoms with van der Waals surface area (Å²) in [6.45, 7) is 2.34. The Morgan fingerprint density at radius 1 is 1.30 bits per heavy atom. The number of carbonyl (C=O) groups excluding carboxylic acids is 1. The maximum absolute atomic E-state index is 12.6. The first-order valence-corrected chi connectivity index (χ1v) is 10.7. The summed E-state index contributed by atoms with van der Waals surface area (Å²) in [4.78, 5) is 12.6. The highest BCUT2D eigenvalue weighted by Crippen LogP contribution is 2.37. The van der Waals surface area contributed by atoms with Crippen molar-refractivity contribution in [2.24, 2.45) is 0 Å². The lowest BCUT2D eigenvalue weighted by Crippen LogP contribution is -2.50. The van der Waals surface area contributed by atoms with Crippen LogP contribution < -0.4 is 14.4 Å². The van der Waals surface area contributed by atoms with E-state index < -0.39 is 16.1 Å². The number of nitrogens with one attached hydrogen (secondary N) is 1. The number of anilines is 1. The van der Waals surface area contributed by atoms with Crippen LogP contribution in [0.2, 0.25) is 5.02 Å². The van der Waals surface area contributed by atoms with Gasteiger partial charge in [0.15, 0.2) is 6.10 Å². The van der Waals surface area contributed by atoms with Crippen LogP contribution in [-0.4, -0.2) is 39.8 Å². The Bertz CT molecular complexity index is 934. The number of sulfonamides is 1. The van der Waals surface area contributed by atoms with Crippen LogP contribution in [-0.2, 0) is 14.8 Å². The monoisotopic (exact) mass is 408 g/mol. The Morgan fingerprint density at radius 3 is 2.67 bits per heavy atom. The molecule has 8 heteroatoms. The normalized spacial score (nSPS) is 17.6. The van der Waals surface area contributed by atoms with Crippen LogP contribution in [0.1, 0.15) is 18.4 Å². The number of hydrogen-bond acceptors (Lipinski definition) is 4. The van der Waals surface area contributed by atoms with E-state index in [0.717, 1.165) is 16.1 Å². The van der Waals surface area contributed by atoms with Crippen molar-refractivity contribution in [3.63, 3.8) is 0 Å². The maximum Gasteiger partial charge on any atom is 0.263 e. The van der Waals surface area contributed by atoms with Gasteiger partial charge < -0.3 is 10.1 Å². The van der Waals surface area contributed by atoms with E-state index >= 15 is 0 Å². The summed E-state index contributed by atoms with van der Waals surface area (Å²) in [5, 5.41) is 3.25. The molecule has 0 saturated heterocycles. The van der Waals surface area contributed by atoms with E-state index in [4.69, 9.17) is 16.3 Å². The molecule has 1 amide bonds. The van der Waals surface area contributed by atoms with Crippen molar-refractivity contribution in [1.29, 1.82) is 0 Å². The molecule has 3 rings (SSSR count). The zero-order chi connectivity index (χ0) is 19.6. The molecule has 1 aliphatic rings. The van der Waals surface area contributed by atoms with Crippen LogP contribution >= 0.6 is 11.6 Å². The third-order valence-corrected chi connectivity index (χ3v) is 5.82. The van der Waals surface area contributed by atoms with Crippen LogP contribution in [0.15, 0.2) is 48.5 Å². The van der Waals surface area contributed by atoms with Crippen LogP contribution in [0, 0.1) is 0 Å². The second kappa shape index (κ2) is 7.78. The highest BCUT2D eigenvalue weighted by atomic mass is 35.5. The van der Waals surface area contributed by atoms with Gasteiger partial charge >= 0.3 is 0 Å². The highest BCUT2D eigenvalue weighted by molar-refractivity contribution is 7.92. The van der Waals surface area contributed by atoms with Crippen LogP contribution in [0.4, 0.5) is 5.69 Å². The quantitative estimate of drug-likeness (QED) is 0.825. The number of rotatable bonds is 5. The molecule has 2 aromatic carbocycles. The Kier molecular flexibility index (Phi) is 5.62. The molecule has 2 atom stereocenters. The molecule has 144 valence electrons. The zero-order valence-electron chi connectivity index (χ0n) is 15.1. The van der Waals surface area contributed by atoms with Crippen molar-refractivity contribution < 1.29 is 17.9 Å². The Hall–Kier alpha value is -2.25. The van der Waals surface area contributed by atoms with Gasteiger partial charge in [-0.2, -0.15) is 0 Å². The number of benzene rings is 2. The Morgan fingerprint density at radius 2 is 2.00 bits per heavy atom. The predicted octanol–water partition coefficient (Wildman–Crippen LogP) is 2.79. The van der Waals surface area contributed by atoms with Crippen molar-refractivity contribution in [2.45, 2.75) is 18.9 Å². The Labute approximate surface area is 164 Å². The number of nitrogens with zero attached hydrogens (tertiary/aromatic N) is 1. The first-order valence-electron chi connectivity index (χ1n) is 8.52. The molecule has 0 aliphatic carbocycles. The molecule has 2 aromatic rings. The van der Waals surface area contributed by atoms with E-state index in [2.05, 4.69) is 5.32 Å². The molecule has 0 unspecified atom stereocenters. The minimum absolute atomic E-state index is 0.0995. The largest absolute Gasteiger partial charge is 0.476 e. The van der Waals surface area contributed by atoms with Crippen molar-refractivity contribution in [1.82, 2.24) is 5.32 Å². The summed E-state index contributed by atoms with van der Waals surface area (Å²) in [7, 11) is -3.58. The number of ether oxygens (including phenoxy) is 1. The predicted molar refractivity (Wildman–Crippen MR) is 106 cm³/mol. The van der Waals surface area contributed by atoms with E-state index in [9.17, 15) is 13.2 Å². The van der Waals surface area contributed by atoms with Gasteiger partial charge in [-0.1, -0.05) is 48.9 Å². The summed E-state index contributed by atoms with van der Waals surface area (Å²) in [6, 6.07) is 14.5. The molecular formula is C19H21ClN2O4S.